The molecule has 0 aromatic carbocycles. The molecule has 2 aliphatic heterocycles. The van der Waals surface area contributed by atoms with Crippen molar-refractivity contribution < 1.29 is 14.3 Å². The fraction of sp³-hybridized carbons (Fsp3) is 0.667. The van der Waals surface area contributed by atoms with Gasteiger partial charge in [-0.15, -0.1) is 0 Å². The van der Waals surface area contributed by atoms with Crippen molar-refractivity contribution >= 4 is 17.5 Å². The Morgan fingerprint density at radius 2 is 1.92 bits per heavy atom. The van der Waals surface area contributed by atoms with E-state index in [1.54, 1.807) is 12.3 Å². The molecule has 3 rings (SSSR count). The highest BCUT2D eigenvalue weighted by Crippen LogP contribution is 2.28. The van der Waals surface area contributed by atoms with Crippen LogP contribution in [0.25, 0.3) is 0 Å². The molecule has 2 saturated heterocycles. The Balaban J connectivity index is 1.72. The number of amides is 1. The summed E-state index contributed by atoms with van der Waals surface area (Å²) in [6.45, 7) is 5.60. The average molecular weight is 353 g/mol. The van der Waals surface area contributed by atoms with Gasteiger partial charge in [-0.3, -0.25) is 4.79 Å². The number of hydrogen-bond donors (Lipinski definition) is 0. The molecule has 1 aromatic rings. The molecule has 132 valence electrons. The van der Waals surface area contributed by atoms with Gasteiger partial charge < -0.3 is 14.4 Å². The van der Waals surface area contributed by atoms with Crippen LogP contribution in [0.15, 0.2) is 12.3 Å². The molecule has 0 spiro atoms. The number of hydrogen-bond acceptors (Lipinski definition) is 4. The van der Waals surface area contributed by atoms with Crippen molar-refractivity contribution in [3.8, 4) is 5.88 Å². The predicted molar refractivity (Wildman–Crippen MR) is 92.7 cm³/mol. The summed E-state index contributed by atoms with van der Waals surface area (Å²) in [6.07, 6.45) is 6.58. The van der Waals surface area contributed by atoms with E-state index in [1.165, 1.54) is 6.42 Å². The SMILES string of the molecule is CC1CCCC(C)N1C(=O)c1cnc(OC2CCOCC2)c(Cl)c1. The number of carbonyl (C=O) groups is 1. The van der Waals surface area contributed by atoms with E-state index in [0.29, 0.717) is 29.7 Å². The lowest BCUT2D eigenvalue weighted by Gasteiger charge is -2.39. The lowest BCUT2D eigenvalue weighted by atomic mass is 9.96. The van der Waals surface area contributed by atoms with E-state index in [-0.39, 0.29) is 24.1 Å². The summed E-state index contributed by atoms with van der Waals surface area (Å²) in [4.78, 5) is 19.1. The first-order valence-electron chi connectivity index (χ1n) is 8.79. The summed E-state index contributed by atoms with van der Waals surface area (Å²) in [7, 11) is 0. The fourth-order valence-corrected chi connectivity index (χ4v) is 3.76. The van der Waals surface area contributed by atoms with Crippen molar-refractivity contribution in [2.45, 2.75) is 64.1 Å². The molecule has 1 amide bonds. The molecule has 5 nitrogen and oxygen atoms in total. The van der Waals surface area contributed by atoms with Crippen LogP contribution < -0.4 is 4.74 Å². The van der Waals surface area contributed by atoms with Gasteiger partial charge >= 0.3 is 0 Å². The van der Waals surface area contributed by atoms with Crippen molar-refractivity contribution in [2.24, 2.45) is 0 Å². The fourth-order valence-electron chi connectivity index (χ4n) is 3.55. The number of piperidine rings is 1. The van der Waals surface area contributed by atoms with Gasteiger partial charge in [0.25, 0.3) is 5.91 Å². The Morgan fingerprint density at radius 1 is 1.25 bits per heavy atom. The lowest BCUT2D eigenvalue weighted by molar-refractivity contribution is 0.0237. The summed E-state index contributed by atoms with van der Waals surface area (Å²) < 4.78 is 11.2. The molecule has 0 saturated carbocycles. The molecule has 0 bridgehead atoms. The molecule has 0 N–H and O–H groups in total. The van der Waals surface area contributed by atoms with Crippen LogP contribution in [0, 0.1) is 0 Å². The molecule has 0 aliphatic carbocycles. The van der Waals surface area contributed by atoms with E-state index in [9.17, 15) is 4.79 Å². The Labute approximate surface area is 148 Å². The zero-order valence-corrected chi connectivity index (χ0v) is 15.1. The molecule has 0 radical (unpaired) electrons. The van der Waals surface area contributed by atoms with Crippen molar-refractivity contribution in [3.05, 3.63) is 22.8 Å². The average Bonchev–Trinajstić information content (AvgIpc) is 2.57. The Bertz CT molecular complexity index is 580. The van der Waals surface area contributed by atoms with Gasteiger partial charge in [0.1, 0.15) is 11.1 Å². The number of pyridine rings is 1. The van der Waals surface area contributed by atoms with Crippen molar-refractivity contribution in [1.82, 2.24) is 9.88 Å². The number of ether oxygens (including phenoxy) is 2. The molecular formula is C18H25ClN2O3. The van der Waals surface area contributed by atoms with Gasteiger partial charge in [-0.25, -0.2) is 4.98 Å². The van der Waals surface area contributed by atoms with Crippen LogP contribution in [-0.2, 0) is 4.74 Å². The first kappa shape index (κ1) is 17.5. The second kappa shape index (κ2) is 7.70. The summed E-state index contributed by atoms with van der Waals surface area (Å²) in [5.74, 6) is 0.404. The third-order valence-electron chi connectivity index (χ3n) is 4.93. The summed E-state index contributed by atoms with van der Waals surface area (Å²) in [6, 6.07) is 2.18. The maximum Gasteiger partial charge on any atom is 0.255 e. The van der Waals surface area contributed by atoms with Crippen molar-refractivity contribution in [3.63, 3.8) is 0 Å². The number of aromatic nitrogens is 1. The highest BCUT2D eigenvalue weighted by atomic mass is 35.5. The van der Waals surface area contributed by atoms with E-state index >= 15 is 0 Å². The molecule has 2 atom stereocenters. The lowest BCUT2D eigenvalue weighted by Crippen LogP contribution is -2.47. The minimum atomic E-state index is 0.00159. The second-order valence-corrected chi connectivity index (χ2v) is 7.19. The summed E-state index contributed by atoms with van der Waals surface area (Å²) in [5.41, 5.74) is 0.528. The Hall–Kier alpha value is -1.33. The summed E-state index contributed by atoms with van der Waals surface area (Å²) >= 11 is 6.31. The van der Waals surface area contributed by atoms with Crippen LogP contribution >= 0.6 is 11.6 Å². The molecule has 3 heterocycles. The van der Waals surface area contributed by atoms with Gasteiger partial charge in [0, 0.05) is 31.1 Å². The first-order chi connectivity index (χ1) is 11.6. The van der Waals surface area contributed by atoms with E-state index < -0.39 is 0 Å². The molecule has 2 unspecified atom stereocenters. The molecule has 2 fully saturated rings. The van der Waals surface area contributed by atoms with Gasteiger partial charge in [0.15, 0.2) is 0 Å². The van der Waals surface area contributed by atoms with Crippen LogP contribution in [-0.4, -0.2) is 47.2 Å². The normalized spacial score (nSPS) is 25.5. The van der Waals surface area contributed by atoms with Crippen LogP contribution in [0.2, 0.25) is 5.02 Å². The maximum absolute atomic E-state index is 12.8. The summed E-state index contributed by atoms with van der Waals surface area (Å²) in [5, 5.41) is 0.393. The number of likely N-dealkylation sites (tertiary alicyclic amines) is 1. The zero-order valence-electron chi connectivity index (χ0n) is 14.3. The highest BCUT2D eigenvalue weighted by molar-refractivity contribution is 6.32. The predicted octanol–water partition coefficient (Wildman–Crippen LogP) is 3.70. The third kappa shape index (κ3) is 3.83. The van der Waals surface area contributed by atoms with Gasteiger partial charge in [0.05, 0.1) is 18.8 Å². The van der Waals surface area contributed by atoms with Gasteiger partial charge in [-0.1, -0.05) is 11.6 Å². The van der Waals surface area contributed by atoms with Gasteiger partial charge in [-0.2, -0.15) is 0 Å². The number of carbonyl (C=O) groups excluding carboxylic acids is 1. The third-order valence-corrected chi connectivity index (χ3v) is 5.20. The molecule has 24 heavy (non-hydrogen) atoms. The highest BCUT2D eigenvalue weighted by Gasteiger charge is 2.30. The Kier molecular flexibility index (Phi) is 5.61. The largest absolute Gasteiger partial charge is 0.473 e. The minimum absolute atomic E-state index is 0.00159. The van der Waals surface area contributed by atoms with Gasteiger partial charge in [0.2, 0.25) is 5.88 Å². The zero-order chi connectivity index (χ0) is 17.1. The standard InChI is InChI=1S/C18H25ClN2O3/c1-12-4-3-5-13(2)21(12)18(22)14-10-16(19)17(20-11-14)24-15-6-8-23-9-7-15/h10-13,15H,3-9H2,1-2H3. The van der Waals surface area contributed by atoms with E-state index in [4.69, 9.17) is 21.1 Å². The molecule has 2 aliphatic rings. The van der Waals surface area contributed by atoms with Gasteiger partial charge in [-0.05, 0) is 39.2 Å². The number of rotatable bonds is 3. The second-order valence-electron chi connectivity index (χ2n) is 6.78. The topological polar surface area (TPSA) is 51.7 Å². The van der Waals surface area contributed by atoms with Crippen LogP contribution in [0.3, 0.4) is 0 Å². The minimum Gasteiger partial charge on any atom is -0.473 e. The van der Waals surface area contributed by atoms with Crippen LogP contribution in [0.1, 0.15) is 56.3 Å². The van der Waals surface area contributed by atoms with Crippen LogP contribution in [0.4, 0.5) is 0 Å². The van der Waals surface area contributed by atoms with Crippen molar-refractivity contribution in [2.75, 3.05) is 13.2 Å². The molecular weight excluding hydrogens is 328 g/mol. The Morgan fingerprint density at radius 3 is 2.54 bits per heavy atom. The quantitative estimate of drug-likeness (QED) is 0.832. The molecule has 1 aromatic heterocycles. The van der Waals surface area contributed by atoms with E-state index in [1.807, 2.05) is 4.90 Å². The smallest absolute Gasteiger partial charge is 0.255 e. The van der Waals surface area contributed by atoms with E-state index in [2.05, 4.69) is 18.8 Å². The van der Waals surface area contributed by atoms with Crippen molar-refractivity contribution in [1.29, 1.82) is 0 Å². The van der Waals surface area contributed by atoms with E-state index in [0.717, 1.165) is 25.7 Å². The number of nitrogens with zero attached hydrogens (tertiary/aromatic N) is 2. The number of halogens is 1. The molecule has 6 heteroatoms. The first-order valence-corrected chi connectivity index (χ1v) is 9.16. The van der Waals surface area contributed by atoms with Crippen LogP contribution in [0.5, 0.6) is 5.88 Å². The monoisotopic (exact) mass is 352 g/mol. The maximum atomic E-state index is 12.8.